The molecule has 0 aliphatic carbocycles. The topological polar surface area (TPSA) is 88.0 Å². The second-order valence-electron chi connectivity index (χ2n) is 6.30. The van der Waals surface area contributed by atoms with Gasteiger partial charge >= 0.3 is 0 Å². The molecule has 9 heteroatoms. The molecular weight excluding hydrogens is 376 g/mol. The van der Waals surface area contributed by atoms with Crippen molar-refractivity contribution in [2.45, 2.75) is 26.4 Å². The van der Waals surface area contributed by atoms with Crippen LogP contribution in [0.1, 0.15) is 25.2 Å². The monoisotopic (exact) mass is 393 g/mol. The molecule has 1 heterocycles. The van der Waals surface area contributed by atoms with Gasteiger partial charge < -0.3 is 10.3 Å². The summed E-state index contributed by atoms with van der Waals surface area (Å²) in [4.78, 5) is 7.21. The predicted octanol–water partition coefficient (Wildman–Crippen LogP) is 4.21. The van der Waals surface area contributed by atoms with E-state index < -0.39 is 11.6 Å². The number of aromatic nitrogens is 2. The fraction of sp³-hybridized carbons (Fsp3) is 0.222. The number of hydrogen-bond donors (Lipinski definition) is 4. The van der Waals surface area contributed by atoms with Crippen LogP contribution in [0, 0.1) is 17.0 Å². The van der Waals surface area contributed by atoms with Gasteiger partial charge in [-0.3, -0.25) is 10.6 Å². The summed E-state index contributed by atoms with van der Waals surface area (Å²) in [7, 11) is 0. The summed E-state index contributed by atoms with van der Waals surface area (Å²) in [6, 6.07) is 6.32. The number of amidine groups is 1. The van der Waals surface area contributed by atoms with Crippen LogP contribution in [0.4, 0.5) is 14.5 Å². The van der Waals surface area contributed by atoms with Gasteiger partial charge in [0.2, 0.25) is 0 Å². The molecular formula is C18H18ClF2N5O. The van der Waals surface area contributed by atoms with Gasteiger partial charge in [-0.1, -0.05) is 25.4 Å². The second-order valence-corrected chi connectivity index (χ2v) is 6.70. The van der Waals surface area contributed by atoms with Crippen molar-refractivity contribution in [3.63, 3.8) is 0 Å². The normalized spacial score (nSPS) is 11.4. The highest BCUT2D eigenvalue weighted by Gasteiger charge is 2.19. The number of fused-ring (bicyclic) bond motifs is 1. The van der Waals surface area contributed by atoms with E-state index in [1.165, 1.54) is 24.3 Å². The molecule has 0 radical (unpaired) electrons. The van der Waals surface area contributed by atoms with Gasteiger partial charge in [0, 0.05) is 11.6 Å². The molecule has 6 nitrogen and oxygen atoms in total. The first kappa shape index (κ1) is 19.2. The Balaban J connectivity index is 1.98. The van der Waals surface area contributed by atoms with Crippen molar-refractivity contribution in [2.24, 2.45) is 0 Å². The van der Waals surface area contributed by atoms with Crippen LogP contribution in [-0.2, 0) is 6.54 Å². The Labute approximate surface area is 159 Å². The van der Waals surface area contributed by atoms with Gasteiger partial charge in [0.15, 0.2) is 11.7 Å². The third-order valence-electron chi connectivity index (χ3n) is 3.94. The summed E-state index contributed by atoms with van der Waals surface area (Å²) in [6.07, 6.45) is 0. The standard InChI is InChI=1S/C18H18ClF2N5O/c1-9(2)23-8-15-24-16-11(4-6-14(21)17(16)25-15)18(22)26(27)10-3-5-13(20)12(19)7-10/h3-7,9,22-23,27H,8H2,1-2H3,(H,24,25). The largest absolute Gasteiger partial charge is 0.340 e. The molecule has 3 aromatic rings. The van der Waals surface area contributed by atoms with Crippen LogP contribution >= 0.6 is 11.6 Å². The van der Waals surface area contributed by atoms with E-state index in [1.54, 1.807) is 0 Å². The second kappa shape index (κ2) is 7.59. The maximum absolute atomic E-state index is 14.2. The Kier molecular flexibility index (Phi) is 5.41. The zero-order valence-corrected chi connectivity index (χ0v) is 15.4. The molecule has 1 aromatic heterocycles. The predicted molar refractivity (Wildman–Crippen MR) is 101 cm³/mol. The molecule has 0 spiro atoms. The van der Waals surface area contributed by atoms with Crippen LogP contribution in [0.2, 0.25) is 5.02 Å². The molecule has 0 saturated heterocycles. The fourth-order valence-corrected chi connectivity index (χ4v) is 2.73. The SMILES string of the molecule is CC(C)NCc1nc2c(F)ccc(C(=N)N(O)c3ccc(F)c(Cl)c3)c2[nH]1. The summed E-state index contributed by atoms with van der Waals surface area (Å²) >= 11 is 5.73. The van der Waals surface area contributed by atoms with Crippen LogP contribution in [0.15, 0.2) is 30.3 Å². The van der Waals surface area contributed by atoms with E-state index in [4.69, 9.17) is 17.0 Å². The van der Waals surface area contributed by atoms with Crippen molar-refractivity contribution in [3.8, 4) is 0 Å². The number of anilines is 1. The highest BCUT2D eigenvalue weighted by Crippen LogP contribution is 2.26. The summed E-state index contributed by atoms with van der Waals surface area (Å²) in [6.45, 7) is 4.35. The highest BCUT2D eigenvalue weighted by atomic mass is 35.5. The Bertz CT molecular complexity index is 1000. The van der Waals surface area contributed by atoms with Crippen LogP contribution < -0.4 is 10.4 Å². The fourth-order valence-electron chi connectivity index (χ4n) is 2.55. The number of halogens is 3. The molecule has 27 heavy (non-hydrogen) atoms. The number of imidazole rings is 1. The smallest absolute Gasteiger partial charge is 0.159 e. The summed E-state index contributed by atoms with van der Waals surface area (Å²) in [5.74, 6) is -1.01. The zero-order chi connectivity index (χ0) is 19.7. The third-order valence-corrected chi connectivity index (χ3v) is 4.23. The Morgan fingerprint density at radius 3 is 2.67 bits per heavy atom. The van der Waals surface area contributed by atoms with Gasteiger partial charge in [0.05, 0.1) is 22.8 Å². The molecule has 0 fully saturated rings. The molecule has 4 N–H and O–H groups in total. The van der Waals surface area contributed by atoms with E-state index >= 15 is 0 Å². The number of aromatic amines is 1. The summed E-state index contributed by atoms with van der Waals surface area (Å²) in [5.41, 5.74) is 0.693. The van der Waals surface area contributed by atoms with Gasteiger partial charge in [-0.25, -0.2) is 18.8 Å². The van der Waals surface area contributed by atoms with Gasteiger partial charge in [-0.05, 0) is 30.3 Å². The summed E-state index contributed by atoms with van der Waals surface area (Å²) < 4.78 is 27.5. The number of hydrogen-bond acceptors (Lipinski definition) is 4. The van der Waals surface area contributed by atoms with Crippen molar-refractivity contribution in [1.29, 1.82) is 5.41 Å². The first-order valence-electron chi connectivity index (χ1n) is 8.21. The molecule has 0 saturated carbocycles. The molecule has 0 bridgehead atoms. The van der Waals surface area contributed by atoms with Crippen LogP contribution in [0.25, 0.3) is 11.0 Å². The number of nitrogens with one attached hydrogen (secondary N) is 3. The van der Waals surface area contributed by atoms with Crippen LogP contribution in [0.5, 0.6) is 0 Å². The number of nitrogens with zero attached hydrogens (tertiary/aromatic N) is 2. The average Bonchev–Trinajstić information content (AvgIpc) is 3.06. The summed E-state index contributed by atoms with van der Waals surface area (Å²) in [5, 5.41) is 22.2. The van der Waals surface area contributed by atoms with Gasteiger partial charge in [-0.15, -0.1) is 0 Å². The van der Waals surface area contributed by atoms with E-state index in [2.05, 4.69) is 15.3 Å². The Morgan fingerprint density at radius 2 is 2.00 bits per heavy atom. The van der Waals surface area contributed by atoms with Gasteiger partial charge in [0.1, 0.15) is 17.2 Å². The van der Waals surface area contributed by atoms with Crippen molar-refractivity contribution >= 4 is 34.2 Å². The van der Waals surface area contributed by atoms with Crippen LogP contribution in [-0.4, -0.2) is 27.1 Å². The first-order chi connectivity index (χ1) is 12.8. The highest BCUT2D eigenvalue weighted by molar-refractivity contribution is 6.31. The Morgan fingerprint density at radius 1 is 1.30 bits per heavy atom. The lowest BCUT2D eigenvalue weighted by Gasteiger charge is -2.18. The molecule has 2 aromatic carbocycles. The molecule has 3 rings (SSSR count). The maximum Gasteiger partial charge on any atom is 0.159 e. The van der Waals surface area contributed by atoms with E-state index in [0.717, 1.165) is 6.07 Å². The minimum absolute atomic E-state index is 0.0725. The van der Waals surface area contributed by atoms with Crippen molar-refractivity contribution < 1.29 is 14.0 Å². The van der Waals surface area contributed by atoms with Gasteiger partial charge in [0.25, 0.3) is 0 Å². The lowest BCUT2D eigenvalue weighted by Crippen LogP contribution is -2.27. The molecule has 142 valence electrons. The number of hydroxylamine groups is 1. The first-order valence-corrected chi connectivity index (χ1v) is 8.59. The zero-order valence-electron chi connectivity index (χ0n) is 14.6. The minimum Gasteiger partial charge on any atom is -0.340 e. The number of benzene rings is 2. The lowest BCUT2D eigenvalue weighted by atomic mass is 10.1. The van der Waals surface area contributed by atoms with Crippen molar-refractivity contribution in [1.82, 2.24) is 15.3 Å². The van der Waals surface area contributed by atoms with E-state index in [-0.39, 0.29) is 39.2 Å². The van der Waals surface area contributed by atoms with Gasteiger partial charge in [-0.2, -0.15) is 0 Å². The molecule has 0 aliphatic heterocycles. The van der Waals surface area contributed by atoms with Crippen LogP contribution in [0.3, 0.4) is 0 Å². The average molecular weight is 394 g/mol. The van der Waals surface area contributed by atoms with E-state index in [0.29, 0.717) is 17.4 Å². The Hall–Kier alpha value is -2.55. The van der Waals surface area contributed by atoms with Crippen molar-refractivity contribution in [3.05, 3.63) is 58.4 Å². The molecule has 0 aliphatic rings. The van der Waals surface area contributed by atoms with E-state index in [1.807, 2.05) is 13.8 Å². The number of rotatable bonds is 5. The number of H-pyrrole nitrogens is 1. The minimum atomic E-state index is -0.639. The van der Waals surface area contributed by atoms with Crippen molar-refractivity contribution in [2.75, 3.05) is 5.06 Å². The maximum atomic E-state index is 14.2. The quantitative estimate of drug-likeness (QED) is 0.297. The molecule has 0 atom stereocenters. The molecule has 0 unspecified atom stereocenters. The molecule has 0 amide bonds. The lowest BCUT2D eigenvalue weighted by molar-refractivity contribution is 0.312. The van der Waals surface area contributed by atoms with E-state index in [9.17, 15) is 14.0 Å². The third kappa shape index (κ3) is 3.92.